The van der Waals surface area contributed by atoms with E-state index < -0.39 is 5.54 Å². The Morgan fingerprint density at radius 1 is 1.14 bits per heavy atom. The number of benzene rings is 1. The number of nitrogens with zero attached hydrogens (tertiary/aromatic N) is 2. The minimum Gasteiger partial charge on any atom is -0.485 e. The van der Waals surface area contributed by atoms with E-state index in [1.54, 1.807) is 12.4 Å². The van der Waals surface area contributed by atoms with Crippen LogP contribution < -0.4 is 10.5 Å². The van der Waals surface area contributed by atoms with Gasteiger partial charge in [-0.3, -0.25) is 4.98 Å². The van der Waals surface area contributed by atoms with E-state index in [1.807, 2.05) is 25.1 Å². The average molecular weight is 402 g/mol. The summed E-state index contributed by atoms with van der Waals surface area (Å²) >= 11 is 6.13. The fourth-order valence-corrected chi connectivity index (χ4v) is 3.88. The van der Waals surface area contributed by atoms with Crippen LogP contribution >= 0.6 is 11.6 Å². The number of aromatic nitrogens is 1. The third-order valence-corrected chi connectivity index (χ3v) is 5.42. The number of aliphatic imine (C=N–C) groups is 1. The molecule has 2 aliphatic rings. The monoisotopic (exact) mass is 401 g/mol. The summed E-state index contributed by atoms with van der Waals surface area (Å²) < 4.78 is 17.6. The summed E-state index contributed by atoms with van der Waals surface area (Å²) in [6.07, 6.45) is 5.31. The predicted octanol–water partition coefficient (Wildman–Crippen LogP) is 3.91. The van der Waals surface area contributed by atoms with Crippen LogP contribution in [0.5, 0.6) is 5.75 Å². The molecule has 148 valence electrons. The second-order valence-corrected chi connectivity index (χ2v) is 8.26. The van der Waals surface area contributed by atoms with Crippen LogP contribution in [0.2, 0.25) is 5.02 Å². The highest BCUT2D eigenvalue weighted by Crippen LogP contribution is 2.41. The quantitative estimate of drug-likeness (QED) is 0.840. The van der Waals surface area contributed by atoms with E-state index in [0.717, 1.165) is 41.9 Å². The molecular formula is C21H24ClN3O3. The molecule has 0 aliphatic carbocycles. The van der Waals surface area contributed by atoms with Crippen molar-refractivity contribution < 1.29 is 14.2 Å². The summed E-state index contributed by atoms with van der Waals surface area (Å²) in [6, 6.07) is 8.11. The summed E-state index contributed by atoms with van der Waals surface area (Å²) in [6.45, 7) is 5.77. The maximum Gasteiger partial charge on any atom is 0.283 e. The molecule has 0 saturated carbocycles. The number of pyridine rings is 1. The molecule has 2 aliphatic heterocycles. The zero-order valence-corrected chi connectivity index (χ0v) is 16.8. The van der Waals surface area contributed by atoms with Gasteiger partial charge in [-0.1, -0.05) is 17.7 Å². The Hall–Kier alpha value is -2.31. The molecule has 4 rings (SSSR count). The molecule has 1 aromatic heterocycles. The van der Waals surface area contributed by atoms with Crippen molar-refractivity contribution in [3.05, 3.63) is 47.2 Å². The lowest BCUT2D eigenvalue weighted by molar-refractivity contribution is -0.0572. The first-order chi connectivity index (χ1) is 13.4. The lowest BCUT2D eigenvalue weighted by Gasteiger charge is -2.36. The topological polar surface area (TPSA) is 79.0 Å². The molecule has 2 N–H and O–H groups in total. The summed E-state index contributed by atoms with van der Waals surface area (Å²) in [5.41, 5.74) is 7.62. The predicted molar refractivity (Wildman–Crippen MR) is 109 cm³/mol. The molecule has 0 amide bonds. The Morgan fingerprint density at radius 2 is 2.00 bits per heavy atom. The first kappa shape index (κ1) is 19.0. The highest BCUT2D eigenvalue weighted by molar-refractivity contribution is 6.30. The molecule has 6 nitrogen and oxygen atoms in total. The smallest absolute Gasteiger partial charge is 0.283 e. The van der Waals surface area contributed by atoms with Crippen LogP contribution in [0.15, 0.2) is 41.7 Å². The van der Waals surface area contributed by atoms with Crippen LogP contribution in [0.3, 0.4) is 0 Å². The molecule has 1 saturated heterocycles. The van der Waals surface area contributed by atoms with E-state index >= 15 is 0 Å². The molecule has 1 fully saturated rings. The van der Waals surface area contributed by atoms with Gasteiger partial charge in [0, 0.05) is 30.1 Å². The summed E-state index contributed by atoms with van der Waals surface area (Å²) in [7, 11) is 0. The Balaban J connectivity index is 1.77. The van der Waals surface area contributed by atoms with Crippen molar-refractivity contribution >= 4 is 17.6 Å². The van der Waals surface area contributed by atoms with Crippen LogP contribution in [-0.2, 0) is 15.0 Å². The van der Waals surface area contributed by atoms with Gasteiger partial charge in [0.15, 0.2) is 0 Å². The van der Waals surface area contributed by atoms with Crippen LogP contribution in [-0.4, -0.2) is 36.4 Å². The Kier molecular flexibility index (Phi) is 4.93. The highest BCUT2D eigenvalue weighted by atomic mass is 35.5. The molecule has 2 atom stereocenters. The maximum absolute atomic E-state index is 6.47. The third kappa shape index (κ3) is 3.80. The Bertz CT molecular complexity index is 912. The largest absolute Gasteiger partial charge is 0.485 e. The van der Waals surface area contributed by atoms with Crippen LogP contribution in [0.25, 0.3) is 11.1 Å². The lowest BCUT2D eigenvalue weighted by Crippen LogP contribution is -2.41. The van der Waals surface area contributed by atoms with Crippen molar-refractivity contribution in [3.63, 3.8) is 0 Å². The first-order valence-corrected chi connectivity index (χ1v) is 9.75. The average Bonchev–Trinajstić information content (AvgIpc) is 3.02. The summed E-state index contributed by atoms with van der Waals surface area (Å²) in [4.78, 5) is 8.73. The fourth-order valence-electron chi connectivity index (χ4n) is 3.70. The number of halogens is 1. The van der Waals surface area contributed by atoms with Crippen LogP contribution in [0.4, 0.5) is 0 Å². The molecule has 7 heteroatoms. The number of nitrogens with two attached hydrogens (primary N) is 1. The fraction of sp³-hybridized carbons (Fsp3) is 0.429. The van der Waals surface area contributed by atoms with E-state index in [2.05, 4.69) is 23.0 Å². The normalized spacial score (nSPS) is 27.2. The second kappa shape index (κ2) is 7.26. The molecule has 1 aromatic carbocycles. The highest BCUT2D eigenvalue weighted by Gasteiger charge is 2.38. The molecule has 0 bridgehead atoms. The standard InChI is InChI=1S/C21H24ClN3O3/c1-20(6-3-7-26-12-20)28-18-5-4-14(15-8-16(22)11-24-10-15)9-17(18)21(2)13-27-19(23)25-21/h4-5,8-11H,3,6-7,12-13H2,1-2H3,(H2,23,25). The molecule has 2 unspecified atom stereocenters. The minimum absolute atomic E-state index is 0.190. The van der Waals surface area contributed by atoms with Crippen LogP contribution in [0, 0.1) is 0 Å². The number of amidine groups is 1. The molecule has 28 heavy (non-hydrogen) atoms. The summed E-state index contributed by atoms with van der Waals surface area (Å²) in [5, 5.41) is 0.587. The zero-order valence-electron chi connectivity index (χ0n) is 16.1. The van der Waals surface area contributed by atoms with Gasteiger partial charge in [-0.2, -0.15) is 0 Å². The van der Waals surface area contributed by atoms with Gasteiger partial charge in [-0.25, -0.2) is 4.99 Å². The van der Waals surface area contributed by atoms with Crippen molar-refractivity contribution in [2.45, 2.75) is 37.8 Å². The van der Waals surface area contributed by atoms with E-state index in [9.17, 15) is 0 Å². The zero-order chi connectivity index (χ0) is 19.8. The molecule has 0 spiro atoms. The lowest BCUT2D eigenvalue weighted by atomic mass is 9.89. The first-order valence-electron chi connectivity index (χ1n) is 9.37. The number of rotatable bonds is 4. The molecule has 2 aromatic rings. The van der Waals surface area contributed by atoms with Gasteiger partial charge in [0.2, 0.25) is 0 Å². The molecule has 3 heterocycles. The van der Waals surface area contributed by atoms with E-state index in [-0.39, 0.29) is 11.6 Å². The molecular weight excluding hydrogens is 378 g/mol. The SMILES string of the molecule is CC1(Oc2ccc(-c3cncc(Cl)c3)cc2C2(C)COC(N)=N2)CCCOC1. The van der Waals surface area contributed by atoms with Gasteiger partial charge in [-0.15, -0.1) is 0 Å². The van der Waals surface area contributed by atoms with Gasteiger partial charge in [0.25, 0.3) is 6.02 Å². The van der Waals surface area contributed by atoms with Gasteiger partial charge >= 0.3 is 0 Å². The van der Waals surface area contributed by atoms with Crippen molar-refractivity contribution in [3.8, 4) is 16.9 Å². The van der Waals surface area contributed by atoms with Crippen molar-refractivity contribution in [2.75, 3.05) is 19.8 Å². The van der Waals surface area contributed by atoms with Gasteiger partial charge in [0.1, 0.15) is 23.5 Å². The Morgan fingerprint density at radius 3 is 2.68 bits per heavy atom. The van der Waals surface area contributed by atoms with Crippen molar-refractivity contribution in [2.24, 2.45) is 10.7 Å². The van der Waals surface area contributed by atoms with Gasteiger partial charge < -0.3 is 19.9 Å². The van der Waals surface area contributed by atoms with Crippen LogP contribution in [0.1, 0.15) is 32.3 Å². The van der Waals surface area contributed by atoms with Gasteiger partial charge in [-0.05, 0) is 50.5 Å². The van der Waals surface area contributed by atoms with E-state index in [1.165, 1.54) is 0 Å². The maximum atomic E-state index is 6.47. The van der Waals surface area contributed by atoms with E-state index in [4.69, 9.17) is 31.5 Å². The van der Waals surface area contributed by atoms with Gasteiger partial charge in [0.05, 0.1) is 11.6 Å². The third-order valence-electron chi connectivity index (χ3n) is 5.21. The van der Waals surface area contributed by atoms with Crippen molar-refractivity contribution in [1.82, 2.24) is 4.98 Å². The summed E-state index contributed by atoms with van der Waals surface area (Å²) in [5.74, 6) is 0.760. The minimum atomic E-state index is -0.632. The van der Waals surface area contributed by atoms with E-state index in [0.29, 0.717) is 18.2 Å². The second-order valence-electron chi connectivity index (χ2n) is 7.82. The molecule has 0 radical (unpaired) electrons. The Labute approximate surface area is 169 Å². The number of ether oxygens (including phenoxy) is 3. The van der Waals surface area contributed by atoms with Crippen molar-refractivity contribution in [1.29, 1.82) is 0 Å². The number of hydrogen-bond donors (Lipinski definition) is 1. The number of hydrogen-bond acceptors (Lipinski definition) is 6.